The Kier molecular flexibility index (Phi) is 26.9. The second-order valence-electron chi connectivity index (χ2n) is 20.1. The van der Waals surface area contributed by atoms with Crippen LogP contribution in [-0.2, 0) is 57.1 Å². The number of imide groups is 1. The van der Waals surface area contributed by atoms with E-state index in [1.54, 1.807) is 63.2 Å². The number of benzene rings is 3. The molecule has 0 radical (unpaired) electrons. The Morgan fingerprint density at radius 2 is 1.11 bits per heavy atom. The molecule has 1 saturated carbocycles. The van der Waals surface area contributed by atoms with E-state index in [-0.39, 0.29) is 86.1 Å². The number of hydrogen-bond acceptors (Lipinski definition) is 18. The maximum atomic E-state index is 12.1. The van der Waals surface area contributed by atoms with E-state index >= 15 is 0 Å². The van der Waals surface area contributed by atoms with Crippen LogP contribution in [0.25, 0.3) is 32.7 Å². The normalized spacial score (nSPS) is 16.8. The summed E-state index contributed by atoms with van der Waals surface area (Å²) >= 11 is 0. The number of carboxylic acid groups (broad SMARTS) is 4. The molecule has 1 saturated heterocycles. The lowest BCUT2D eigenvalue weighted by molar-refractivity contribution is -0.157. The van der Waals surface area contributed by atoms with Crippen molar-refractivity contribution in [1.82, 2.24) is 14.0 Å². The van der Waals surface area contributed by atoms with Crippen molar-refractivity contribution in [1.29, 1.82) is 0 Å². The Bertz CT molecular complexity index is 3390. The first-order valence-electron chi connectivity index (χ1n) is 27.3. The van der Waals surface area contributed by atoms with E-state index in [1.807, 2.05) is 6.92 Å². The molecule has 1 aliphatic carbocycles. The van der Waals surface area contributed by atoms with Crippen molar-refractivity contribution in [3.05, 3.63) is 121 Å². The fourth-order valence-electron chi connectivity index (χ4n) is 9.38. The molecule has 87 heavy (non-hydrogen) atoms. The number of amides is 2. The molecular weight excluding hydrogens is 1140 g/mol. The van der Waals surface area contributed by atoms with E-state index in [0.29, 0.717) is 69.6 Å². The number of allylic oxidation sites excluding steroid dienone is 4. The van der Waals surface area contributed by atoms with E-state index in [4.69, 9.17) is 47.7 Å². The largest absolute Gasteiger partial charge is 0.481 e. The number of nitrogens with zero attached hydrogens (tertiary/aromatic N) is 3. The van der Waals surface area contributed by atoms with Crippen molar-refractivity contribution in [3.8, 4) is 11.5 Å². The van der Waals surface area contributed by atoms with Gasteiger partial charge in [-0.3, -0.25) is 47.6 Å². The number of carbonyl (C=O) groups excluding carboxylic acids is 5. The zero-order valence-corrected chi connectivity index (χ0v) is 50.0. The summed E-state index contributed by atoms with van der Waals surface area (Å²) in [6.45, 7) is 27.2. The zero-order valence-electron chi connectivity index (χ0n) is 50.0. The van der Waals surface area contributed by atoms with Crippen LogP contribution >= 0.6 is 0 Å². The highest BCUT2D eigenvalue weighted by molar-refractivity contribution is 6.21. The van der Waals surface area contributed by atoms with Crippen LogP contribution in [0.1, 0.15) is 118 Å². The van der Waals surface area contributed by atoms with Crippen LogP contribution in [0.15, 0.2) is 110 Å². The highest BCUT2D eigenvalue weighted by Gasteiger charge is 2.47. The number of unbranched alkanes of at least 4 members (excludes halogenated alkanes) is 1. The summed E-state index contributed by atoms with van der Waals surface area (Å²) in [7, 11) is 0. The van der Waals surface area contributed by atoms with Gasteiger partial charge in [0.15, 0.2) is 12.9 Å². The molecule has 4 N–H and O–H groups in total. The van der Waals surface area contributed by atoms with Crippen molar-refractivity contribution in [2.45, 2.75) is 99.7 Å². The molecule has 1 aliphatic heterocycles. The molecule has 2 fully saturated rings. The van der Waals surface area contributed by atoms with Gasteiger partial charge in [0.05, 0.1) is 52.5 Å². The van der Waals surface area contributed by atoms with Gasteiger partial charge in [0.2, 0.25) is 31.3 Å². The topological polar surface area (TPSA) is 331 Å². The first-order valence-corrected chi connectivity index (χ1v) is 27.3. The molecule has 0 bridgehead atoms. The number of likely N-dealkylation sites (tertiary alicyclic amines) is 1. The summed E-state index contributed by atoms with van der Waals surface area (Å²) in [5, 5.41) is 39.0. The van der Waals surface area contributed by atoms with Gasteiger partial charge in [-0.15, -0.1) is 0 Å². The number of hydrogen-bond donors (Lipinski definition) is 4. The smallest absolute Gasteiger partial charge is 0.340 e. The lowest BCUT2D eigenvalue weighted by atomic mass is 9.75. The molecule has 5 aromatic rings. The number of aromatic nitrogens is 2. The molecule has 2 aliphatic rings. The Hall–Kier alpha value is -9.33. The molecule has 470 valence electrons. The zero-order chi connectivity index (χ0) is 64.8. The van der Waals surface area contributed by atoms with Gasteiger partial charge in [0.1, 0.15) is 35.3 Å². The van der Waals surface area contributed by atoms with Crippen molar-refractivity contribution in [3.63, 3.8) is 0 Å². The third-order valence-corrected chi connectivity index (χ3v) is 13.4. The third kappa shape index (κ3) is 19.9. The minimum atomic E-state index is -1.20. The predicted molar refractivity (Wildman–Crippen MR) is 315 cm³/mol. The van der Waals surface area contributed by atoms with Crippen molar-refractivity contribution >= 4 is 86.2 Å². The second-order valence-corrected chi connectivity index (χ2v) is 20.1. The number of esters is 1. The van der Waals surface area contributed by atoms with Crippen LogP contribution in [0.5, 0.6) is 11.5 Å². The van der Waals surface area contributed by atoms with Gasteiger partial charge in [0, 0.05) is 63.2 Å². The standard InChI is InChI=1S/C19H17NO5.C17H28O6.C15H15NO5.C11H15NO6/c1-11(2)24-10-25-16-9-8-15-17(18(16)19(22)23)13-6-4-5-7-14(13)20(15)12(3)21;1-12(2)15-7-6-14(10-16(15)17(19)20)23-11-21-8-4-5-9-22-13(3)18;1-9(2)20-8-21-13-5-4-12-11(14(13)15(18)19)6-7-16(12)10(3)17;1-6(2)17-5-18-9-8(11(15)16)4-12(7(3)13)10(9)14/h4-9H,1,10H2,2-3H3,(H,22,23);14-16H,1,4-11H2,2-3H3,(H,19,20);4-7H,1,8H2,2-3H3,(H,18,19);8-9H,1,4-5H2,2-3H3,(H,15,16). The highest BCUT2D eigenvalue weighted by atomic mass is 16.7. The van der Waals surface area contributed by atoms with Gasteiger partial charge < -0.3 is 63.1 Å². The summed E-state index contributed by atoms with van der Waals surface area (Å²) in [4.78, 5) is 104. The van der Waals surface area contributed by atoms with Gasteiger partial charge in [-0.1, -0.05) is 50.1 Å². The average Bonchev–Trinajstić information content (AvgIpc) is 1.67. The van der Waals surface area contributed by atoms with Crippen LogP contribution in [0.3, 0.4) is 0 Å². The maximum absolute atomic E-state index is 12.1. The lowest BCUT2D eigenvalue weighted by Crippen LogP contribution is -2.35. The summed E-state index contributed by atoms with van der Waals surface area (Å²) in [5.41, 5.74) is 2.63. The number of aliphatic carboxylic acids is 2. The Morgan fingerprint density at radius 1 is 0.552 bits per heavy atom. The Labute approximate surface area is 501 Å². The van der Waals surface area contributed by atoms with E-state index in [0.717, 1.165) is 36.2 Å². The molecule has 2 aromatic heterocycles. The van der Waals surface area contributed by atoms with E-state index in [2.05, 4.69) is 26.3 Å². The van der Waals surface area contributed by atoms with Crippen LogP contribution in [0.4, 0.5) is 0 Å². The fourth-order valence-corrected chi connectivity index (χ4v) is 9.38. The number of fused-ring (bicyclic) bond motifs is 4. The number of para-hydroxylation sites is 1. The molecule has 5 unspecified atom stereocenters. The SMILES string of the molecule is C=C(C)C1CCC(OCOCCCCOC(C)=O)CC1C(=O)O.C=C(C)OCOC1C(=O)N(C(C)=O)CC1C(=O)O.C=C(C)OCOc1ccc2c(c1C(=O)O)c1ccccc1n2C(C)=O.C=C(C)OCOc1ccc2c(ccn2C(C)=O)c1C(=O)O. The quantitative estimate of drug-likeness (QED) is 0.0139. The highest BCUT2D eigenvalue weighted by Crippen LogP contribution is 2.38. The van der Waals surface area contributed by atoms with Crippen LogP contribution < -0.4 is 9.47 Å². The van der Waals surface area contributed by atoms with Crippen LogP contribution in [0, 0.1) is 17.8 Å². The molecule has 3 heterocycles. The molecule has 5 atom stereocenters. The van der Waals surface area contributed by atoms with Gasteiger partial charge in [-0.05, 0) is 102 Å². The fraction of sp³-hybridized carbons (Fsp3) is 0.403. The first kappa shape index (κ1) is 70.2. The van der Waals surface area contributed by atoms with Gasteiger partial charge in [-0.25, -0.2) is 9.59 Å². The predicted octanol–water partition coefficient (Wildman–Crippen LogP) is 9.66. The van der Waals surface area contributed by atoms with Gasteiger partial charge in [0.25, 0.3) is 5.91 Å². The minimum Gasteiger partial charge on any atom is -0.481 e. The molecule has 0 spiro atoms. The van der Waals surface area contributed by atoms with E-state index < -0.39 is 53.6 Å². The number of ether oxygens (including phenoxy) is 9. The first-order chi connectivity index (χ1) is 41.1. The van der Waals surface area contributed by atoms with Crippen molar-refractivity contribution in [2.24, 2.45) is 17.8 Å². The van der Waals surface area contributed by atoms with Crippen LogP contribution in [0.2, 0.25) is 0 Å². The summed E-state index contributed by atoms with van der Waals surface area (Å²) in [6.07, 6.45) is 3.92. The van der Waals surface area contributed by atoms with Crippen molar-refractivity contribution < 1.29 is 106 Å². The second kappa shape index (κ2) is 33.4. The summed E-state index contributed by atoms with van der Waals surface area (Å²) < 4.78 is 49.7. The van der Waals surface area contributed by atoms with Crippen molar-refractivity contribution in [2.75, 3.05) is 46.9 Å². The number of rotatable bonds is 25. The number of aromatic carboxylic acids is 2. The molecule has 7 rings (SSSR count). The maximum Gasteiger partial charge on any atom is 0.340 e. The molecule has 25 heteroatoms. The Morgan fingerprint density at radius 3 is 1.64 bits per heavy atom. The third-order valence-electron chi connectivity index (χ3n) is 13.4. The Balaban J connectivity index is 0.000000250. The number of carbonyl (C=O) groups is 9. The van der Waals surface area contributed by atoms with E-state index in [1.165, 1.54) is 55.2 Å². The molecule has 3 aromatic carbocycles. The van der Waals surface area contributed by atoms with Gasteiger partial charge in [-0.2, -0.15) is 0 Å². The molecule has 25 nitrogen and oxygen atoms in total. The lowest BCUT2D eigenvalue weighted by Gasteiger charge is -2.34. The summed E-state index contributed by atoms with van der Waals surface area (Å²) in [5.74, 6) is -5.84. The van der Waals surface area contributed by atoms with Crippen LogP contribution in [-0.4, -0.2) is 147 Å². The average molecular weight is 1210 g/mol. The monoisotopic (exact) mass is 1210 g/mol. The minimum absolute atomic E-state index is 0.000912. The molecular formula is C62H75N3O22. The molecule has 2 amide bonds. The summed E-state index contributed by atoms with van der Waals surface area (Å²) in [6, 6.07) is 15.1. The van der Waals surface area contributed by atoms with E-state index in [9.17, 15) is 58.5 Å². The number of carboxylic acids is 4. The van der Waals surface area contributed by atoms with Gasteiger partial charge >= 0.3 is 29.8 Å².